The standard InChI is InChI=1S/C16H14FN3O/c1-20-14(8-11-6-7-18-10-15(11)20)16(21)19-9-12-4-2-3-5-13(12)17/h2-8,10H,9H2,1H3,(H,19,21). The van der Waals surface area contributed by atoms with Crippen LogP contribution in [0.3, 0.4) is 0 Å². The van der Waals surface area contributed by atoms with E-state index in [-0.39, 0.29) is 18.3 Å². The lowest BCUT2D eigenvalue weighted by Crippen LogP contribution is -2.25. The van der Waals surface area contributed by atoms with Gasteiger partial charge in [-0.25, -0.2) is 4.39 Å². The van der Waals surface area contributed by atoms with Crippen molar-refractivity contribution < 1.29 is 9.18 Å². The minimum Gasteiger partial charge on any atom is -0.347 e. The lowest BCUT2D eigenvalue weighted by molar-refractivity contribution is 0.0943. The fourth-order valence-electron chi connectivity index (χ4n) is 2.30. The van der Waals surface area contributed by atoms with Gasteiger partial charge in [0, 0.05) is 30.7 Å². The van der Waals surface area contributed by atoms with Crippen LogP contribution in [0.15, 0.2) is 48.8 Å². The number of benzene rings is 1. The monoisotopic (exact) mass is 283 g/mol. The molecule has 3 rings (SSSR count). The summed E-state index contributed by atoms with van der Waals surface area (Å²) in [5, 5.41) is 3.69. The number of carbonyl (C=O) groups excluding carboxylic acids is 1. The van der Waals surface area contributed by atoms with Gasteiger partial charge >= 0.3 is 0 Å². The van der Waals surface area contributed by atoms with Crippen LogP contribution in [0, 0.1) is 5.82 Å². The molecule has 0 radical (unpaired) electrons. The van der Waals surface area contributed by atoms with E-state index in [9.17, 15) is 9.18 Å². The molecule has 0 aliphatic heterocycles. The minimum absolute atomic E-state index is 0.158. The van der Waals surface area contributed by atoms with E-state index in [4.69, 9.17) is 0 Å². The highest BCUT2D eigenvalue weighted by molar-refractivity contribution is 5.98. The normalized spacial score (nSPS) is 10.8. The Morgan fingerprint density at radius 1 is 1.33 bits per heavy atom. The predicted molar refractivity (Wildman–Crippen MR) is 78.3 cm³/mol. The van der Waals surface area contributed by atoms with Gasteiger partial charge in [0.15, 0.2) is 0 Å². The highest BCUT2D eigenvalue weighted by Gasteiger charge is 2.13. The molecule has 1 amide bonds. The number of carbonyl (C=O) groups is 1. The summed E-state index contributed by atoms with van der Waals surface area (Å²) in [7, 11) is 1.81. The van der Waals surface area contributed by atoms with Crippen LogP contribution >= 0.6 is 0 Å². The molecule has 21 heavy (non-hydrogen) atoms. The van der Waals surface area contributed by atoms with E-state index < -0.39 is 0 Å². The van der Waals surface area contributed by atoms with Crippen LogP contribution in [0.25, 0.3) is 10.9 Å². The molecule has 0 aliphatic rings. The number of nitrogens with one attached hydrogen (secondary N) is 1. The van der Waals surface area contributed by atoms with Crippen molar-refractivity contribution in [2.75, 3.05) is 0 Å². The Bertz CT molecular complexity index is 810. The second-order valence-electron chi connectivity index (χ2n) is 4.80. The highest BCUT2D eigenvalue weighted by atomic mass is 19.1. The SMILES string of the molecule is Cn1c(C(=O)NCc2ccccc2F)cc2ccncc21. The molecule has 2 aromatic heterocycles. The lowest BCUT2D eigenvalue weighted by atomic mass is 10.2. The molecule has 3 aromatic rings. The maximum absolute atomic E-state index is 13.5. The summed E-state index contributed by atoms with van der Waals surface area (Å²) in [6.45, 7) is 0.158. The van der Waals surface area contributed by atoms with Crippen LogP contribution in [-0.4, -0.2) is 15.5 Å². The number of hydrogen-bond acceptors (Lipinski definition) is 2. The summed E-state index contributed by atoms with van der Waals surface area (Å²) in [6.07, 6.45) is 3.40. The van der Waals surface area contributed by atoms with Crippen LogP contribution in [0.1, 0.15) is 16.1 Å². The molecule has 2 heterocycles. The number of hydrogen-bond donors (Lipinski definition) is 1. The predicted octanol–water partition coefficient (Wildman–Crippen LogP) is 2.64. The fraction of sp³-hybridized carbons (Fsp3) is 0.125. The number of aromatic nitrogens is 2. The Morgan fingerprint density at radius 3 is 2.90 bits per heavy atom. The van der Waals surface area contributed by atoms with Crippen molar-refractivity contribution in [1.29, 1.82) is 0 Å². The molecule has 0 bridgehead atoms. The molecular formula is C16H14FN3O. The molecule has 0 aliphatic carbocycles. The van der Waals surface area contributed by atoms with Crippen molar-refractivity contribution in [3.05, 3.63) is 65.9 Å². The molecule has 0 spiro atoms. The number of pyridine rings is 1. The van der Waals surface area contributed by atoms with Crippen LogP contribution in [0.5, 0.6) is 0 Å². The Hall–Kier alpha value is -2.69. The average Bonchev–Trinajstić information content (AvgIpc) is 2.84. The van der Waals surface area contributed by atoms with E-state index in [1.165, 1.54) is 6.07 Å². The third-order valence-corrected chi connectivity index (χ3v) is 3.48. The Labute approximate surface area is 121 Å². The molecule has 0 atom stereocenters. The third-order valence-electron chi connectivity index (χ3n) is 3.48. The van der Waals surface area contributed by atoms with Gasteiger partial charge < -0.3 is 9.88 Å². The Balaban J connectivity index is 1.81. The van der Waals surface area contributed by atoms with Gasteiger partial charge in [-0.1, -0.05) is 18.2 Å². The molecular weight excluding hydrogens is 269 g/mol. The maximum atomic E-state index is 13.5. The zero-order valence-corrected chi connectivity index (χ0v) is 11.5. The molecule has 1 aromatic carbocycles. The van der Waals surface area contributed by atoms with E-state index in [1.54, 1.807) is 41.2 Å². The summed E-state index contributed by atoms with van der Waals surface area (Å²) in [4.78, 5) is 16.3. The van der Waals surface area contributed by atoms with E-state index in [0.717, 1.165) is 10.9 Å². The molecule has 4 nitrogen and oxygen atoms in total. The molecule has 106 valence electrons. The van der Waals surface area contributed by atoms with Crippen LogP contribution in [0.2, 0.25) is 0 Å². The molecule has 1 N–H and O–H groups in total. The molecule has 0 fully saturated rings. The first-order chi connectivity index (χ1) is 10.2. The average molecular weight is 283 g/mol. The van der Waals surface area contributed by atoms with Gasteiger partial charge in [0.2, 0.25) is 0 Å². The van der Waals surface area contributed by atoms with Crippen molar-refractivity contribution in [2.24, 2.45) is 7.05 Å². The minimum atomic E-state index is -0.320. The molecule has 0 saturated heterocycles. The largest absolute Gasteiger partial charge is 0.347 e. The van der Waals surface area contributed by atoms with E-state index in [2.05, 4.69) is 10.3 Å². The molecule has 0 unspecified atom stereocenters. The molecule has 5 heteroatoms. The molecule has 0 saturated carbocycles. The number of nitrogens with zero attached hydrogens (tertiary/aromatic N) is 2. The van der Waals surface area contributed by atoms with Crippen LogP contribution in [-0.2, 0) is 13.6 Å². The first kappa shape index (κ1) is 13.3. The second-order valence-corrected chi connectivity index (χ2v) is 4.80. The quantitative estimate of drug-likeness (QED) is 0.803. The topological polar surface area (TPSA) is 46.9 Å². The van der Waals surface area contributed by atoms with E-state index in [0.29, 0.717) is 11.3 Å². The van der Waals surface area contributed by atoms with Crippen molar-refractivity contribution in [3.8, 4) is 0 Å². The summed E-state index contributed by atoms with van der Waals surface area (Å²) < 4.78 is 15.3. The second kappa shape index (κ2) is 5.36. The van der Waals surface area contributed by atoms with Gasteiger partial charge in [0.25, 0.3) is 5.91 Å². The third kappa shape index (κ3) is 2.50. The number of amides is 1. The first-order valence-corrected chi connectivity index (χ1v) is 6.58. The highest BCUT2D eigenvalue weighted by Crippen LogP contribution is 2.17. The van der Waals surface area contributed by atoms with E-state index in [1.807, 2.05) is 13.1 Å². The van der Waals surface area contributed by atoms with Gasteiger partial charge in [-0.15, -0.1) is 0 Å². The zero-order chi connectivity index (χ0) is 14.8. The summed E-state index contributed by atoms with van der Waals surface area (Å²) in [6, 6.07) is 10.0. The van der Waals surface area contributed by atoms with E-state index >= 15 is 0 Å². The van der Waals surface area contributed by atoms with Gasteiger partial charge in [0.1, 0.15) is 11.5 Å². The Kier molecular flexibility index (Phi) is 3.39. The van der Waals surface area contributed by atoms with Gasteiger partial charge in [-0.2, -0.15) is 0 Å². The van der Waals surface area contributed by atoms with Gasteiger partial charge in [0.05, 0.1) is 11.7 Å². The summed E-state index contributed by atoms with van der Waals surface area (Å²) >= 11 is 0. The van der Waals surface area contributed by atoms with Gasteiger partial charge in [-0.05, 0) is 18.2 Å². The van der Waals surface area contributed by atoms with Crippen molar-refractivity contribution in [3.63, 3.8) is 0 Å². The van der Waals surface area contributed by atoms with Crippen molar-refractivity contribution >= 4 is 16.8 Å². The van der Waals surface area contributed by atoms with Crippen LogP contribution in [0.4, 0.5) is 4.39 Å². The number of rotatable bonds is 3. The van der Waals surface area contributed by atoms with Crippen LogP contribution < -0.4 is 5.32 Å². The Morgan fingerprint density at radius 2 is 2.14 bits per heavy atom. The maximum Gasteiger partial charge on any atom is 0.268 e. The fourth-order valence-corrected chi connectivity index (χ4v) is 2.30. The zero-order valence-electron chi connectivity index (χ0n) is 11.5. The smallest absolute Gasteiger partial charge is 0.268 e. The lowest BCUT2D eigenvalue weighted by Gasteiger charge is -2.07. The van der Waals surface area contributed by atoms with Crippen molar-refractivity contribution in [2.45, 2.75) is 6.54 Å². The number of fused-ring (bicyclic) bond motifs is 1. The first-order valence-electron chi connectivity index (χ1n) is 6.58. The summed E-state index contributed by atoms with van der Waals surface area (Å²) in [5.74, 6) is -0.559. The number of halogens is 1. The summed E-state index contributed by atoms with van der Waals surface area (Å²) in [5.41, 5.74) is 1.87. The van der Waals surface area contributed by atoms with Crippen molar-refractivity contribution in [1.82, 2.24) is 14.9 Å². The number of aryl methyl sites for hydroxylation is 1. The van der Waals surface area contributed by atoms with Gasteiger partial charge in [-0.3, -0.25) is 9.78 Å².